The molecular formula is C14H23NO3. The number of nitrogens with zero attached hydrogens (tertiary/aromatic N) is 1. The van der Waals surface area contributed by atoms with Crippen molar-refractivity contribution in [3.63, 3.8) is 0 Å². The maximum absolute atomic E-state index is 12.4. The Hall–Kier alpha value is -1.06. The van der Waals surface area contributed by atoms with Crippen molar-refractivity contribution in [2.45, 2.75) is 40.0 Å². The zero-order valence-electron chi connectivity index (χ0n) is 11.5. The Bertz CT molecular complexity index is 364. The van der Waals surface area contributed by atoms with Gasteiger partial charge in [-0.15, -0.1) is 0 Å². The molecule has 3 atom stereocenters. The molecule has 0 aromatic carbocycles. The summed E-state index contributed by atoms with van der Waals surface area (Å²) in [6.45, 7) is 7.54. The van der Waals surface area contributed by atoms with E-state index in [4.69, 9.17) is 5.11 Å². The molecule has 2 rings (SSSR count). The van der Waals surface area contributed by atoms with E-state index in [0.717, 1.165) is 25.9 Å². The van der Waals surface area contributed by atoms with Crippen LogP contribution in [0.5, 0.6) is 0 Å². The first-order valence-corrected chi connectivity index (χ1v) is 6.91. The van der Waals surface area contributed by atoms with E-state index in [0.29, 0.717) is 5.92 Å². The summed E-state index contributed by atoms with van der Waals surface area (Å²) in [4.78, 5) is 25.4. The smallest absolute Gasteiger partial charge is 0.307 e. The molecular weight excluding hydrogens is 230 g/mol. The molecule has 2 fully saturated rings. The van der Waals surface area contributed by atoms with Crippen molar-refractivity contribution in [3.8, 4) is 0 Å². The van der Waals surface area contributed by atoms with Crippen LogP contribution in [0.2, 0.25) is 0 Å². The number of amides is 1. The van der Waals surface area contributed by atoms with Gasteiger partial charge in [-0.3, -0.25) is 9.59 Å². The van der Waals surface area contributed by atoms with Crippen LogP contribution in [-0.2, 0) is 9.59 Å². The number of rotatable bonds is 3. The first-order chi connectivity index (χ1) is 8.39. The van der Waals surface area contributed by atoms with Crippen LogP contribution in [0.15, 0.2) is 0 Å². The maximum atomic E-state index is 12.4. The third kappa shape index (κ3) is 2.13. The zero-order chi connectivity index (χ0) is 13.5. The van der Waals surface area contributed by atoms with Gasteiger partial charge in [0.05, 0.1) is 11.8 Å². The number of aliphatic carboxylic acids is 1. The summed E-state index contributed by atoms with van der Waals surface area (Å²) in [6, 6.07) is 0. The fraction of sp³-hybridized carbons (Fsp3) is 0.857. The van der Waals surface area contributed by atoms with Gasteiger partial charge in [0.25, 0.3) is 0 Å². The van der Waals surface area contributed by atoms with E-state index in [1.165, 1.54) is 6.42 Å². The molecule has 1 saturated carbocycles. The lowest BCUT2D eigenvalue weighted by Crippen LogP contribution is -2.41. The van der Waals surface area contributed by atoms with Crippen molar-refractivity contribution in [1.29, 1.82) is 0 Å². The van der Waals surface area contributed by atoms with E-state index in [1.807, 2.05) is 18.7 Å². The van der Waals surface area contributed by atoms with Crippen molar-refractivity contribution in [3.05, 3.63) is 0 Å². The predicted octanol–water partition coefficient (Wildman–Crippen LogP) is 1.99. The van der Waals surface area contributed by atoms with E-state index in [2.05, 4.69) is 6.92 Å². The summed E-state index contributed by atoms with van der Waals surface area (Å²) in [5.74, 6) is -0.988. The van der Waals surface area contributed by atoms with Gasteiger partial charge in [-0.25, -0.2) is 0 Å². The summed E-state index contributed by atoms with van der Waals surface area (Å²) in [7, 11) is 0. The van der Waals surface area contributed by atoms with Crippen molar-refractivity contribution in [2.75, 3.05) is 13.1 Å². The van der Waals surface area contributed by atoms with Gasteiger partial charge in [0.2, 0.25) is 5.91 Å². The number of hydrogen-bond donors (Lipinski definition) is 1. The van der Waals surface area contributed by atoms with Crippen LogP contribution in [0.25, 0.3) is 0 Å². The quantitative estimate of drug-likeness (QED) is 0.837. The lowest BCUT2D eigenvalue weighted by molar-refractivity contribution is -0.142. The minimum absolute atomic E-state index is 0.0607. The second-order valence-corrected chi connectivity index (χ2v) is 6.32. The Labute approximate surface area is 108 Å². The molecule has 4 nitrogen and oxygen atoms in total. The van der Waals surface area contributed by atoms with Gasteiger partial charge in [-0.2, -0.15) is 0 Å². The summed E-state index contributed by atoms with van der Waals surface area (Å²) in [5, 5.41) is 9.13. The molecule has 1 aliphatic heterocycles. The third-order valence-corrected chi connectivity index (χ3v) is 4.77. The Morgan fingerprint density at radius 3 is 2.50 bits per heavy atom. The molecule has 0 bridgehead atoms. The first-order valence-electron chi connectivity index (χ1n) is 6.91. The molecule has 1 saturated heterocycles. The van der Waals surface area contributed by atoms with Gasteiger partial charge >= 0.3 is 5.97 Å². The van der Waals surface area contributed by atoms with Gasteiger partial charge in [-0.1, -0.05) is 27.2 Å². The zero-order valence-corrected chi connectivity index (χ0v) is 11.5. The number of piperidine rings is 1. The van der Waals surface area contributed by atoms with E-state index < -0.39 is 11.9 Å². The van der Waals surface area contributed by atoms with Crippen LogP contribution < -0.4 is 0 Å². The number of carboxylic acid groups (broad SMARTS) is 1. The standard InChI is InChI=1S/C14H23NO3/c1-4-9-6-5-7-15(8-9)12(16)10-11(13(17)18)14(10,2)3/h9-11H,4-8H2,1-3H3,(H,17,18). The Kier molecular flexibility index (Phi) is 3.39. The normalized spacial score (nSPS) is 34.2. The second kappa shape index (κ2) is 4.56. The van der Waals surface area contributed by atoms with Crippen molar-refractivity contribution >= 4 is 11.9 Å². The van der Waals surface area contributed by atoms with Crippen LogP contribution in [0.1, 0.15) is 40.0 Å². The second-order valence-electron chi connectivity index (χ2n) is 6.32. The van der Waals surface area contributed by atoms with Gasteiger partial charge in [0.1, 0.15) is 0 Å². The third-order valence-electron chi connectivity index (χ3n) is 4.77. The van der Waals surface area contributed by atoms with Crippen molar-refractivity contribution < 1.29 is 14.7 Å². The number of carbonyl (C=O) groups is 2. The highest BCUT2D eigenvalue weighted by Crippen LogP contribution is 2.59. The summed E-state index contributed by atoms with van der Waals surface area (Å²) < 4.78 is 0. The highest BCUT2D eigenvalue weighted by Gasteiger charge is 2.66. The van der Waals surface area contributed by atoms with Crippen molar-refractivity contribution in [1.82, 2.24) is 4.90 Å². The van der Waals surface area contributed by atoms with Gasteiger partial charge in [-0.05, 0) is 24.2 Å². The molecule has 4 heteroatoms. The van der Waals surface area contributed by atoms with Crippen LogP contribution >= 0.6 is 0 Å². The van der Waals surface area contributed by atoms with Crippen LogP contribution in [0, 0.1) is 23.2 Å². The SMILES string of the molecule is CCC1CCCN(C(=O)C2C(C(=O)O)C2(C)C)C1. The molecule has 2 aliphatic rings. The molecule has 1 heterocycles. The van der Waals surface area contributed by atoms with Crippen LogP contribution in [0.3, 0.4) is 0 Å². The molecule has 3 unspecified atom stereocenters. The molecule has 0 aromatic rings. The monoisotopic (exact) mass is 253 g/mol. The van der Waals surface area contributed by atoms with Gasteiger partial charge in [0.15, 0.2) is 0 Å². The topological polar surface area (TPSA) is 57.6 Å². The van der Waals surface area contributed by atoms with Gasteiger partial charge in [0, 0.05) is 13.1 Å². The summed E-state index contributed by atoms with van der Waals surface area (Å²) in [5.41, 5.74) is -0.373. The van der Waals surface area contributed by atoms with E-state index in [1.54, 1.807) is 0 Å². The molecule has 1 aliphatic carbocycles. The molecule has 102 valence electrons. The molecule has 0 radical (unpaired) electrons. The van der Waals surface area contributed by atoms with Crippen LogP contribution in [0.4, 0.5) is 0 Å². The average molecular weight is 253 g/mol. The molecule has 1 N–H and O–H groups in total. The minimum Gasteiger partial charge on any atom is -0.481 e. The largest absolute Gasteiger partial charge is 0.481 e. The molecule has 0 aromatic heterocycles. The first kappa shape index (κ1) is 13.4. The van der Waals surface area contributed by atoms with E-state index >= 15 is 0 Å². The number of carbonyl (C=O) groups excluding carboxylic acids is 1. The lowest BCUT2D eigenvalue weighted by atomic mass is 9.95. The fourth-order valence-electron chi connectivity index (χ4n) is 3.35. The Balaban J connectivity index is 2.02. The predicted molar refractivity (Wildman–Crippen MR) is 68.0 cm³/mol. The fourth-order valence-corrected chi connectivity index (χ4v) is 3.35. The Morgan fingerprint density at radius 2 is 2.00 bits per heavy atom. The molecule has 18 heavy (non-hydrogen) atoms. The van der Waals surface area contributed by atoms with E-state index in [9.17, 15) is 9.59 Å². The highest BCUT2D eigenvalue weighted by atomic mass is 16.4. The Morgan fingerprint density at radius 1 is 1.33 bits per heavy atom. The lowest BCUT2D eigenvalue weighted by Gasteiger charge is -2.32. The molecule has 0 spiro atoms. The average Bonchev–Trinajstić information content (AvgIpc) is 2.91. The minimum atomic E-state index is -0.831. The summed E-state index contributed by atoms with van der Waals surface area (Å²) >= 11 is 0. The molecule has 1 amide bonds. The number of hydrogen-bond acceptors (Lipinski definition) is 2. The van der Waals surface area contributed by atoms with Crippen molar-refractivity contribution in [2.24, 2.45) is 23.2 Å². The van der Waals surface area contributed by atoms with Crippen LogP contribution in [-0.4, -0.2) is 35.0 Å². The highest BCUT2D eigenvalue weighted by molar-refractivity contribution is 5.91. The van der Waals surface area contributed by atoms with E-state index in [-0.39, 0.29) is 17.2 Å². The summed E-state index contributed by atoms with van der Waals surface area (Å²) in [6.07, 6.45) is 3.34. The number of likely N-dealkylation sites (tertiary alicyclic amines) is 1. The number of carboxylic acids is 1. The van der Waals surface area contributed by atoms with Gasteiger partial charge < -0.3 is 10.0 Å². The maximum Gasteiger partial charge on any atom is 0.307 e.